The first-order valence-corrected chi connectivity index (χ1v) is 10.4. The molecule has 0 fully saturated rings. The maximum atomic E-state index is 12.7. The minimum Gasteiger partial charge on any atom is -0.325 e. The Hall–Kier alpha value is -2.64. The molecular weight excluding hydrogens is 378 g/mol. The van der Waals surface area contributed by atoms with Crippen LogP contribution in [0, 0.1) is 6.92 Å². The van der Waals surface area contributed by atoms with Crippen molar-refractivity contribution < 1.29 is 9.59 Å². The Labute approximate surface area is 165 Å². The van der Waals surface area contributed by atoms with Crippen molar-refractivity contribution in [3.05, 3.63) is 58.4 Å². The van der Waals surface area contributed by atoms with Gasteiger partial charge in [0.1, 0.15) is 0 Å². The second kappa shape index (κ2) is 7.54. The molecule has 0 bridgehead atoms. The molecule has 1 aliphatic heterocycles. The molecule has 3 aromatic rings. The normalized spacial score (nSPS) is 13.4. The molecule has 0 atom stereocenters. The number of aryl methyl sites for hydroxylation is 1. The highest BCUT2D eigenvalue weighted by molar-refractivity contribution is 7.99. The number of nitrogens with one attached hydrogen (secondary N) is 2. The molecule has 1 aromatic heterocycles. The fraction of sp³-hybridized carbons (Fsp3) is 0.150. The minimum atomic E-state index is -0.215. The lowest BCUT2D eigenvalue weighted by molar-refractivity contribution is -0.115. The zero-order valence-corrected chi connectivity index (χ0v) is 16.2. The van der Waals surface area contributed by atoms with E-state index in [4.69, 9.17) is 0 Å². The van der Waals surface area contributed by atoms with Crippen molar-refractivity contribution in [3.8, 4) is 11.3 Å². The molecule has 0 saturated carbocycles. The van der Waals surface area contributed by atoms with Crippen LogP contribution in [-0.4, -0.2) is 22.6 Å². The summed E-state index contributed by atoms with van der Waals surface area (Å²) in [6.07, 6.45) is 0.476. The average molecular weight is 396 g/mol. The van der Waals surface area contributed by atoms with Crippen LogP contribution >= 0.6 is 23.1 Å². The SMILES string of the molecule is Cc1nc(-c2cccc(NC(=O)c3ccc4c(c3)NC(=O)CCS4)c2)cs1. The highest BCUT2D eigenvalue weighted by Crippen LogP contribution is 2.32. The number of nitrogens with zero attached hydrogens (tertiary/aromatic N) is 1. The molecule has 27 heavy (non-hydrogen) atoms. The summed E-state index contributed by atoms with van der Waals surface area (Å²) in [6.45, 7) is 1.97. The van der Waals surface area contributed by atoms with Gasteiger partial charge in [0.2, 0.25) is 5.91 Å². The first kappa shape index (κ1) is 17.8. The summed E-state index contributed by atoms with van der Waals surface area (Å²) in [4.78, 5) is 29.9. The van der Waals surface area contributed by atoms with Gasteiger partial charge in [0.15, 0.2) is 0 Å². The van der Waals surface area contributed by atoms with E-state index in [0.29, 0.717) is 23.4 Å². The van der Waals surface area contributed by atoms with Crippen molar-refractivity contribution in [2.45, 2.75) is 18.2 Å². The Kier molecular flexibility index (Phi) is 4.96. The fourth-order valence-electron chi connectivity index (χ4n) is 2.82. The monoisotopic (exact) mass is 395 g/mol. The highest BCUT2D eigenvalue weighted by atomic mass is 32.2. The second-order valence-corrected chi connectivity index (χ2v) is 8.34. The number of carbonyl (C=O) groups excluding carboxylic acids is 2. The number of anilines is 2. The molecule has 136 valence electrons. The summed E-state index contributed by atoms with van der Waals surface area (Å²) in [5.41, 5.74) is 3.77. The van der Waals surface area contributed by atoms with Gasteiger partial charge in [0.05, 0.1) is 16.4 Å². The molecule has 2 heterocycles. The quantitative estimate of drug-likeness (QED) is 0.668. The number of hydrogen-bond donors (Lipinski definition) is 2. The lowest BCUT2D eigenvalue weighted by atomic mass is 10.1. The van der Waals surface area contributed by atoms with Crippen LogP contribution < -0.4 is 10.6 Å². The zero-order valence-electron chi connectivity index (χ0n) is 14.6. The third-order valence-electron chi connectivity index (χ3n) is 4.14. The molecule has 2 amide bonds. The second-order valence-electron chi connectivity index (χ2n) is 6.14. The van der Waals surface area contributed by atoms with Crippen LogP contribution in [-0.2, 0) is 4.79 Å². The topological polar surface area (TPSA) is 71.1 Å². The number of benzene rings is 2. The lowest BCUT2D eigenvalue weighted by Gasteiger charge is -2.10. The summed E-state index contributed by atoms with van der Waals surface area (Å²) in [7, 11) is 0. The first-order valence-electron chi connectivity index (χ1n) is 8.49. The standard InChI is InChI=1S/C20H17N3O2S2/c1-12-21-17(11-27-12)13-3-2-4-15(9-13)22-20(25)14-5-6-18-16(10-14)23-19(24)7-8-26-18/h2-6,9-11H,7-8H2,1H3,(H,22,25)(H,23,24). The van der Waals surface area contributed by atoms with Crippen LogP contribution in [0.2, 0.25) is 0 Å². The third-order valence-corrected chi connectivity index (χ3v) is 5.99. The number of amides is 2. The lowest BCUT2D eigenvalue weighted by Crippen LogP contribution is -2.14. The van der Waals surface area contributed by atoms with Crippen LogP contribution in [0.1, 0.15) is 21.8 Å². The van der Waals surface area contributed by atoms with E-state index in [1.165, 1.54) is 0 Å². The van der Waals surface area contributed by atoms with E-state index >= 15 is 0 Å². The highest BCUT2D eigenvalue weighted by Gasteiger charge is 2.16. The van der Waals surface area contributed by atoms with E-state index < -0.39 is 0 Å². The molecule has 0 unspecified atom stereocenters. The van der Waals surface area contributed by atoms with Crippen molar-refractivity contribution in [2.75, 3.05) is 16.4 Å². The molecule has 7 heteroatoms. The van der Waals surface area contributed by atoms with E-state index in [1.54, 1.807) is 35.2 Å². The van der Waals surface area contributed by atoms with Crippen LogP contribution in [0.15, 0.2) is 52.7 Å². The Bertz CT molecular complexity index is 1030. The number of fused-ring (bicyclic) bond motifs is 1. The van der Waals surface area contributed by atoms with Crippen molar-refractivity contribution in [2.24, 2.45) is 0 Å². The Morgan fingerprint density at radius 1 is 1.22 bits per heavy atom. The summed E-state index contributed by atoms with van der Waals surface area (Å²) >= 11 is 3.21. The smallest absolute Gasteiger partial charge is 0.255 e. The van der Waals surface area contributed by atoms with Crippen molar-refractivity contribution in [1.29, 1.82) is 0 Å². The third kappa shape index (κ3) is 4.04. The molecule has 2 N–H and O–H groups in total. The Morgan fingerprint density at radius 3 is 2.93 bits per heavy atom. The molecule has 5 nitrogen and oxygen atoms in total. The number of rotatable bonds is 3. The van der Waals surface area contributed by atoms with Crippen molar-refractivity contribution in [1.82, 2.24) is 4.98 Å². The number of thioether (sulfide) groups is 1. The van der Waals surface area contributed by atoms with Gasteiger partial charge in [-0.2, -0.15) is 0 Å². The fourth-order valence-corrected chi connectivity index (χ4v) is 4.38. The maximum absolute atomic E-state index is 12.7. The molecule has 0 saturated heterocycles. The van der Waals surface area contributed by atoms with Gasteiger partial charge in [0.25, 0.3) is 5.91 Å². The number of carbonyl (C=O) groups is 2. The number of aromatic nitrogens is 1. The molecule has 0 radical (unpaired) electrons. The molecule has 0 aliphatic carbocycles. The minimum absolute atomic E-state index is 0.0231. The van der Waals surface area contributed by atoms with E-state index in [-0.39, 0.29) is 11.8 Å². The van der Waals surface area contributed by atoms with Gasteiger partial charge < -0.3 is 10.6 Å². The maximum Gasteiger partial charge on any atom is 0.255 e. The average Bonchev–Trinajstić information content (AvgIpc) is 3.00. The molecular formula is C20H17N3O2S2. The van der Waals surface area contributed by atoms with E-state index in [2.05, 4.69) is 15.6 Å². The summed E-state index contributed by atoms with van der Waals surface area (Å²) < 4.78 is 0. The first-order chi connectivity index (χ1) is 13.1. The molecule has 2 aromatic carbocycles. The van der Waals surface area contributed by atoms with Gasteiger partial charge >= 0.3 is 0 Å². The van der Waals surface area contributed by atoms with Gasteiger partial charge in [-0.15, -0.1) is 23.1 Å². The number of hydrogen-bond acceptors (Lipinski definition) is 5. The van der Waals surface area contributed by atoms with Crippen LogP contribution in [0.3, 0.4) is 0 Å². The molecule has 1 aliphatic rings. The van der Waals surface area contributed by atoms with E-state index in [9.17, 15) is 9.59 Å². The van der Waals surface area contributed by atoms with Crippen LogP contribution in [0.5, 0.6) is 0 Å². The molecule has 0 spiro atoms. The largest absolute Gasteiger partial charge is 0.325 e. The van der Waals surface area contributed by atoms with Gasteiger partial charge in [-0.1, -0.05) is 12.1 Å². The van der Waals surface area contributed by atoms with Gasteiger partial charge in [-0.3, -0.25) is 9.59 Å². The predicted octanol–water partition coefficient (Wildman–Crippen LogP) is 4.81. The van der Waals surface area contributed by atoms with E-state index in [1.807, 2.05) is 42.6 Å². The summed E-state index contributed by atoms with van der Waals surface area (Å²) in [5, 5.41) is 8.80. The summed E-state index contributed by atoms with van der Waals surface area (Å²) in [6, 6.07) is 13.0. The van der Waals surface area contributed by atoms with Gasteiger partial charge in [-0.05, 0) is 37.3 Å². The van der Waals surface area contributed by atoms with Crippen molar-refractivity contribution in [3.63, 3.8) is 0 Å². The number of thiazole rings is 1. The van der Waals surface area contributed by atoms with Crippen LogP contribution in [0.25, 0.3) is 11.3 Å². The van der Waals surface area contributed by atoms with Crippen molar-refractivity contribution >= 4 is 46.3 Å². The summed E-state index contributed by atoms with van der Waals surface area (Å²) in [5.74, 6) is 0.505. The van der Waals surface area contributed by atoms with Gasteiger partial charge in [-0.25, -0.2) is 4.98 Å². The van der Waals surface area contributed by atoms with Crippen LogP contribution in [0.4, 0.5) is 11.4 Å². The predicted molar refractivity (Wildman–Crippen MR) is 111 cm³/mol. The Balaban J connectivity index is 1.55. The van der Waals surface area contributed by atoms with Gasteiger partial charge in [0, 0.05) is 39.3 Å². The zero-order chi connectivity index (χ0) is 18.8. The Morgan fingerprint density at radius 2 is 2.11 bits per heavy atom. The molecule has 4 rings (SSSR count). The van der Waals surface area contributed by atoms with E-state index in [0.717, 1.165) is 26.9 Å².